The molecule has 108 valence electrons. The Morgan fingerprint density at radius 3 is 2.80 bits per heavy atom. The molecule has 1 fully saturated rings. The predicted octanol–water partition coefficient (Wildman–Crippen LogP) is 0.855. The van der Waals surface area contributed by atoms with E-state index in [0.29, 0.717) is 18.5 Å². The Bertz CT molecular complexity index is 579. The molecule has 0 unspecified atom stereocenters. The standard InChI is InChI=1S/C14H18N2O4/c1-15-7-5-10(8-12(15)17)14(20)16-6-3-2-4-11(16)9-13(18)19/h5,7-8,11H,2-4,6,9H2,1H3,(H,18,19)/t11-/m0/s1. The molecule has 0 aromatic carbocycles. The molecule has 6 nitrogen and oxygen atoms in total. The lowest BCUT2D eigenvalue weighted by Crippen LogP contribution is -2.45. The van der Waals surface area contributed by atoms with Crippen molar-refractivity contribution in [3.63, 3.8) is 0 Å². The van der Waals surface area contributed by atoms with E-state index in [1.54, 1.807) is 24.2 Å². The molecule has 1 saturated heterocycles. The number of amides is 1. The smallest absolute Gasteiger partial charge is 0.305 e. The van der Waals surface area contributed by atoms with E-state index in [-0.39, 0.29) is 23.9 Å². The lowest BCUT2D eigenvalue weighted by Gasteiger charge is -2.35. The van der Waals surface area contributed by atoms with E-state index in [4.69, 9.17) is 5.11 Å². The third kappa shape index (κ3) is 3.07. The van der Waals surface area contributed by atoms with Gasteiger partial charge in [-0.3, -0.25) is 14.4 Å². The first kappa shape index (κ1) is 14.3. The van der Waals surface area contributed by atoms with Gasteiger partial charge in [0.2, 0.25) is 0 Å². The average molecular weight is 278 g/mol. The lowest BCUT2D eigenvalue weighted by molar-refractivity contribution is -0.138. The van der Waals surface area contributed by atoms with E-state index in [9.17, 15) is 14.4 Å². The normalized spacial score (nSPS) is 18.9. The highest BCUT2D eigenvalue weighted by Gasteiger charge is 2.29. The van der Waals surface area contributed by atoms with Gasteiger partial charge in [0, 0.05) is 37.5 Å². The van der Waals surface area contributed by atoms with Crippen molar-refractivity contribution >= 4 is 11.9 Å². The van der Waals surface area contributed by atoms with Crippen LogP contribution in [0.1, 0.15) is 36.0 Å². The first-order chi connectivity index (χ1) is 9.49. The van der Waals surface area contributed by atoms with Gasteiger partial charge in [0.25, 0.3) is 11.5 Å². The molecule has 6 heteroatoms. The summed E-state index contributed by atoms with van der Waals surface area (Å²) in [7, 11) is 1.62. The summed E-state index contributed by atoms with van der Waals surface area (Å²) in [6, 6.07) is 2.61. The molecule has 20 heavy (non-hydrogen) atoms. The van der Waals surface area contributed by atoms with Crippen molar-refractivity contribution in [3.05, 3.63) is 34.2 Å². The number of nitrogens with zero attached hydrogens (tertiary/aromatic N) is 2. The molecule has 1 amide bonds. The first-order valence-corrected chi connectivity index (χ1v) is 6.68. The Kier molecular flexibility index (Phi) is 4.22. The maximum absolute atomic E-state index is 12.4. The molecular weight excluding hydrogens is 260 g/mol. The van der Waals surface area contributed by atoms with Crippen LogP contribution >= 0.6 is 0 Å². The highest BCUT2D eigenvalue weighted by molar-refractivity contribution is 5.94. The molecule has 0 spiro atoms. The van der Waals surface area contributed by atoms with Crippen molar-refractivity contribution < 1.29 is 14.7 Å². The summed E-state index contributed by atoms with van der Waals surface area (Å²) in [6.45, 7) is 0.548. The maximum atomic E-state index is 12.4. The number of carbonyl (C=O) groups excluding carboxylic acids is 1. The minimum Gasteiger partial charge on any atom is -0.481 e. The number of carboxylic acid groups (broad SMARTS) is 1. The van der Waals surface area contributed by atoms with Gasteiger partial charge in [-0.1, -0.05) is 0 Å². The largest absolute Gasteiger partial charge is 0.481 e. The van der Waals surface area contributed by atoms with Gasteiger partial charge in [0.1, 0.15) is 0 Å². The molecule has 0 radical (unpaired) electrons. The summed E-state index contributed by atoms with van der Waals surface area (Å²) in [5.41, 5.74) is 0.0769. The van der Waals surface area contributed by atoms with Crippen molar-refractivity contribution in [1.82, 2.24) is 9.47 Å². The molecule has 1 aliphatic heterocycles. The third-order valence-electron chi connectivity index (χ3n) is 3.65. The fourth-order valence-corrected chi connectivity index (χ4v) is 2.53. The zero-order valence-corrected chi connectivity index (χ0v) is 11.4. The van der Waals surface area contributed by atoms with Crippen LogP contribution in [0.3, 0.4) is 0 Å². The van der Waals surface area contributed by atoms with Crippen LogP contribution in [0.2, 0.25) is 0 Å². The number of likely N-dealkylation sites (tertiary alicyclic amines) is 1. The predicted molar refractivity (Wildman–Crippen MR) is 72.6 cm³/mol. The molecule has 2 rings (SSSR count). The van der Waals surface area contributed by atoms with E-state index in [1.165, 1.54) is 10.6 Å². The van der Waals surface area contributed by atoms with Crippen LogP contribution in [-0.4, -0.2) is 39.0 Å². The summed E-state index contributed by atoms with van der Waals surface area (Å²) < 4.78 is 1.39. The summed E-state index contributed by atoms with van der Waals surface area (Å²) in [6.07, 6.45) is 4.00. The number of carbonyl (C=O) groups is 2. The fourth-order valence-electron chi connectivity index (χ4n) is 2.53. The minimum absolute atomic E-state index is 0.0451. The van der Waals surface area contributed by atoms with Crippen molar-refractivity contribution in [2.24, 2.45) is 7.05 Å². The number of carboxylic acids is 1. The van der Waals surface area contributed by atoms with E-state index < -0.39 is 5.97 Å². The van der Waals surface area contributed by atoms with Crippen molar-refractivity contribution in [2.45, 2.75) is 31.7 Å². The molecule has 1 aromatic rings. The molecular formula is C14H18N2O4. The van der Waals surface area contributed by atoms with Crippen molar-refractivity contribution in [3.8, 4) is 0 Å². The zero-order valence-electron chi connectivity index (χ0n) is 11.4. The number of aryl methyl sites for hydroxylation is 1. The Morgan fingerprint density at radius 2 is 2.15 bits per heavy atom. The molecule has 1 aliphatic rings. The van der Waals surface area contributed by atoms with Crippen LogP contribution in [-0.2, 0) is 11.8 Å². The number of hydrogen-bond acceptors (Lipinski definition) is 3. The molecule has 1 N–H and O–H groups in total. The number of piperidine rings is 1. The van der Waals surface area contributed by atoms with Gasteiger partial charge in [0.15, 0.2) is 0 Å². The van der Waals surface area contributed by atoms with Gasteiger partial charge < -0.3 is 14.6 Å². The van der Waals surface area contributed by atoms with Crippen LogP contribution < -0.4 is 5.56 Å². The van der Waals surface area contributed by atoms with Gasteiger partial charge >= 0.3 is 5.97 Å². The molecule has 0 saturated carbocycles. The van der Waals surface area contributed by atoms with Crippen LogP contribution in [0.25, 0.3) is 0 Å². The van der Waals surface area contributed by atoms with Crippen LogP contribution in [0.15, 0.2) is 23.1 Å². The SMILES string of the molecule is Cn1ccc(C(=O)N2CCCC[C@H]2CC(=O)O)cc1=O. The summed E-state index contributed by atoms with van der Waals surface area (Å²) in [5, 5.41) is 8.93. The fraction of sp³-hybridized carbons (Fsp3) is 0.500. The Balaban J connectivity index is 2.22. The van der Waals surface area contributed by atoms with Crippen LogP contribution in [0.5, 0.6) is 0 Å². The molecule has 2 heterocycles. The summed E-state index contributed by atoms with van der Waals surface area (Å²) >= 11 is 0. The second-order valence-corrected chi connectivity index (χ2v) is 5.11. The number of hydrogen-bond donors (Lipinski definition) is 1. The van der Waals surface area contributed by atoms with Gasteiger partial charge in [-0.15, -0.1) is 0 Å². The first-order valence-electron chi connectivity index (χ1n) is 6.68. The number of aliphatic carboxylic acids is 1. The van der Waals surface area contributed by atoms with Crippen molar-refractivity contribution in [1.29, 1.82) is 0 Å². The van der Waals surface area contributed by atoms with Gasteiger partial charge in [-0.25, -0.2) is 0 Å². The third-order valence-corrected chi connectivity index (χ3v) is 3.65. The second-order valence-electron chi connectivity index (χ2n) is 5.11. The van der Waals surface area contributed by atoms with E-state index in [1.807, 2.05) is 0 Å². The van der Waals surface area contributed by atoms with Gasteiger partial charge in [-0.2, -0.15) is 0 Å². The number of aromatic nitrogens is 1. The monoisotopic (exact) mass is 278 g/mol. The topological polar surface area (TPSA) is 79.6 Å². The van der Waals surface area contributed by atoms with E-state index in [2.05, 4.69) is 0 Å². The lowest BCUT2D eigenvalue weighted by atomic mass is 9.98. The maximum Gasteiger partial charge on any atom is 0.305 e. The second kappa shape index (κ2) is 5.90. The zero-order chi connectivity index (χ0) is 14.7. The van der Waals surface area contributed by atoms with Crippen molar-refractivity contribution in [2.75, 3.05) is 6.54 Å². The van der Waals surface area contributed by atoms with E-state index >= 15 is 0 Å². The summed E-state index contributed by atoms with van der Waals surface area (Å²) in [5.74, 6) is -1.16. The highest BCUT2D eigenvalue weighted by atomic mass is 16.4. The Hall–Kier alpha value is -2.11. The number of rotatable bonds is 3. The molecule has 1 aromatic heterocycles. The quantitative estimate of drug-likeness (QED) is 0.889. The van der Waals surface area contributed by atoms with Gasteiger partial charge in [0.05, 0.1) is 6.42 Å². The molecule has 0 aliphatic carbocycles. The Labute approximate surface area is 116 Å². The average Bonchev–Trinajstić information content (AvgIpc) is 2.41. The highest BCUT2D eigenvalue weighted by Crippen LogP contribution is 2.21. The van der Waals surface area contributed by atoms with Crippen LogP contribution in [0.4, 0.5) is 0 Å². The van der Waals surface area contributed by atoms with E-state index in [0.717, 1.165) is 12.8 Å². The minimum atomic E-state index is -0.904. The molecule has 0 bridgehead atoms. The van der Waals surface area contributed by atoms with Gasteiger partial charge in [-0.05, 0) is 25.3 Å². The summed E-state index contributed by atoms with van der Waals surface area (Å²) in [4.78, 5) is 36.5. The Morgan fingerprint density at radius 1 is 1.40 bits per heavy atom. The molecule has 1 atom stereocenters. The van der Waals surface area contributed by atoms with Crippen LogP contribution in [0, 0.1) is 0 Å². The number of pyridine rings is 1.